The molecule has 2 aromatic heterocycles. The quantitative estimate of drug-likeness (QED) is 0.835. The van der Waals surface area contributed by atoms with E-state index in [0.29, 0.717) is 42.6 Å². The standard InChI is InChI=1S/C18H29N5O2S/c1-5-22(6-2)26(24,25)15-9-10-17-20-21-18(23(17)12-15)19-16-11-13(3)7-8-14(16)4/h9-10,12-14,16H,5-8,11H2,1-4H3,(H,19,21)/t13-,14+,16-/m1/s1. The van der Waals surface area contributed by atoms with Crippen LogP contribution >= 0.6 is 0 Å². The molecular weight excluding hydrogens is 350 g/mol. The highest BCUT2D eigenvalue weighted by Crippen LogP contribution is 2.30. The molecule has 8 heteroatoms. The fraction of sp³-hybridized carbons (Fsp3) is 0.667. The number of nitrogens with one attached hydrogen (secondary N) is 1. The molecule has 1 fully saturated rings. The molecule has 2 heterocycles. The summed E-state index contributed by atoms with van der Waals surface area (Å²) in [6.07, 6.45) is 5.17. The van der Waals surface area contributed by atoms with Crippen molar-refractivity contribution < 1.29 is 8.42 Å². The smallest absolute Gasteiger partial charge is 0.244 e. The average Bonchev–Trinajstić information content (AvgIpc) is 3.01. The maximum atomic E-state index is 12.8. The fourth-order valence-electron chi connectivity index (χ4n) is 3.73. The van der Waals surface area contributed by atoms with Crippen LogP contribution in [0.15, 0.2) is 23.2 Å². The first-order chi connectivity index (χ1) is 12.4. The molecular formula is C18H29N5O2S. The molecule has 144 valence electrons. The minimum absolute atomic E-state index is 0.265. The molecule has 1 N–H and O–H groups in total. The van der Waals surface area contributed by atoms with Crippen molar-refractivity contribution in [2.45, 2.75) is 57.9 Å². The molecule has 0 amide bonds. The van der Waals surface area contributed by atoms with Crippen molar-refractivity contribution in [3.8, 4) is 0 Å². The number of nitrogens with zero attached hydrogens (tertiary/aromatic N) is 4. The summed E-state index contributed by atoms with van der Waals surface area (Å²) in [5.74, 6) is 1.85. The van der Waals surface area contributed by atoms with Gasteiger partial charge in [-0.2, -0.15) is 4.31 Å². The Bertz CT molecular complexity index is 860. The van der Waals surface area contributed by atoms with E-state index in [2.05, 4.69) is 29.4 Å². The van der Waals surface area contributed by atoms with Gasteiger partial charge in [0.1, 0.15) is 0 Å². The van der Waals surface area contributed by atoms with Gasteiger partial charge >= 0.3 is 0 Å². The number of pyridine rings is 1. The van der Waals surface area contributed by atoms with Crippen molar-refractivity contribution >= 4 is 21.6 Å². The Morgan fingerprint density at radius 2 is 1.92 bits per heavy atom. The predicted octanol–water partition coefficient (Wildman–Crippen LogP) is 3.00. The minimum Gasteiger partial charge on any atom is -0.351 e. The maximum absolute atomic E-state index is 12.8. The number of anilines is 1. The second-order valence-electron chi connectivity index (χ2n) is 7.35. The van der Waals surface area contributed by atoms with Gasteiger partial charge in [-0.05, 0) is 36.8 Å². The molecule has 0 radical (unpaired) electrons. The molecule has 3 atom stereocenters. The van der Waals surface area contributed by atoms with Gasteiger partial charge < -0.3 is 5.32 Å². The monoisotopic (exact) mass is 379 g/mol. The third kappa shape index (κ3) is 3.57. The van der Waals surface area contributed by atoms with Gasteiger partial charge in [0.25, 0.3) is 0 Å². The molecule has 0 spiro atoms. The summed E-state index contributed by atoms with van der Waals surface area (Å²) < 4.78 is 28.8. The molecule has 7 nitrogen and oxygen atoms in total. The van der Waals surface area contributed by atoms with E-state index in [1.165, 1.54) is 17.1 Å². The number of hydrogen-bond donors (Lipinski definition) is 1. The third-order valence-electron chi connectivity index (χ3n) is 5.49. The summed E-state index contributed by atoms with van der Waals surface area (Å²) in [5.41, 5.74) is 0.641. The van der Waals surface area contributed by atoms with Gasteiger partial charge in [0.15, 0.2) is 5.65 Å². The zero-order chi connectivity index (χ0) is 18.9. The van der Waals surface area contributed by atoms with Crippen molar-refractivity contribution in [1.82, 2.24) is 18.9 Å². The first kappa shape index (κ1) is 19.1. The van der Waals surface area contributed by atoms with E-state index in [0.717, 1.165) is 6.42 Å². The van der Waals surface area contributed by atoms with E-state index >= 15 is 0 Å². The Balaban J connectivity index is 1.94. The van der Waals surface area contributed by atoms with Gasteiger partial charge in [-0.1, -0.05) is 34.1 Å². The average molecular weight is 380 g/mol. The van der Waals surface area contributed by atoms with Gasteiger partial charge in [0.2, 0.25) is 16.0 Å². The Morgan fingerprint density at radius 1 is 1.19 bits per heavy atom. The van der Waals surface area contributed by atoms with Crippen molar-refractivity contribution in [2.24, 2.45) is 11.8 Å². The molecule has 2 aromatic rings. The number of rotatable bonds is 6. The summed E-state index contributed by atoms with van der Waals surface area (Å²) in [4.78, 5) is 0.265. The molecule has 1 saturated carbocycles. The first-order valence-electron chi connectivity index (χ1n) is 9.48. The molecule has 26 heavy (non-hydrogen) atoms. The predicted molar refractivity (Wildman–Crippen MR) is 103 cm³/mol. The van der Waals surface area contributed by atoms with Gasteiger partial charge in [-0.3, -0.25) is 4.40 Å². The summed E-state index contributed by atoms with van der Waals surface area (Å²) in [7, 11) is -3.51. The Kier molecular flexibility index (Phi) is 5.53. The second-order valence-corrected chi connectivity index (χ2v) is 9.29. The van der Waals surface area contributed by atoms with Crippen LogP contribution < -0.4 is 5.32 Å². The largest absolute Gasteiger partial charge is 0.351 e. The number of aromatic nitrogens is 3. The Hall–Kier alpha value is -1.67. The summed E-state index contributed by atoms with van der Waals surface area (Å²) in [6.45, 7) is 9.11. The van der Waals surface area contributed by atoms with E-state index in [1.807, 2.05) is 13.8 Å². The molecule has 0 saturated heterocycles. The Morgan fingerprint density at radius 3 is 2.62 bits per heavy atom. The number of fused-ring (bicyclic) bond motifs is 1. The van der Waals surface area contributed by atoms with Crippen LogP contribution in [0.25, 0.3) is 5.65 Å². The van der Waals surface area contributed by atoms with E-state index in [1.54, 1.807) is 22.7 Å². The number of sulfonamides is 1. The molecule has 0 aliphatic heterocycles. The van der Waals surface area contributed by atoms with E-state index < -0.39 is 10.0 Å². The van der Waals surface area contributed by atoms with Crippen LogP contribution in [0.4, 0.5) is 5.95 Å². The molecule has 1 aliphatic carbocycles. The fourth-order valence-corrected chi connectivity index (χ4v) is 5.19. The van der Waals surface area contributed by atoms with Crippen molar-refractivity contribution in [3.05, 3.63) is 18.3 Å². The second kappa shape index (κ2) is 7.52. The van der Waals surface area contributed by atoms with Gasteiger partial charge in [-0.25, -0.2) is 8.42 Å². The lowest BCUT2D eigenvalue weighted by Crippen LogP contribution is -2.34. The third-order valence-corrected chi connectivity index (χ3v) is 7.52. The van der Waals surface area contributed by atoms with E-state index in [-0.39, 0.29) is 4.90 Å². The highest BCUT2D eigenvalue weighted by Gasteiger charge is 2.27. The lowest BCUT2D eigenvalue weighted by atomic mass is 9.80. The van der Waals surface area contributed by atoms with Crippen molar-refractivity contribution in [2.75, 3.05) is 18.4 Å². The molecule has 0 unspecified atom stereocenters. The SMILES string of the molecule is CCN(CC)S(=O)(=O)c1ccc2nnc(N[C@@H]3C[C@H](C)CC[C@@H]3C)n2c1. The lowest BCUT2D eigenvalue weighted by Gasteiger charge is -2.33. The Labute approximate surface area is 155 Å². The van der Waals surface area contributed by atoms with Crippen LogP contribution in [-0.2, 0) is 10.0 Å². The van der Waals surface area contributed by atoms with Crippen LogP contribution in [0, 0.1) is 11.8 Å². The highest BCUT2D eigenvalue weighted by molar-refractivity contribution is 7.89. The van der Waals surface area contributed by atoms with Crippen LogP contribution in [-0.4, -0.2) is 46.5 Å². The molecule has 0 aromatic carbocycles. The zero-order valence-corrected chi connectivity index (χ0v) is 16.8. The molecule has 3 rings (SSSR count). The molecule has 0 bridgehead atoms. The molecule has 1 aliphatic rings. The lowest BCUT2D eigenvalue weighted by molar-refractivity contribution is 0.280. The first-order valence-corrected chi connectivity index (χ1v) is 10.9. The van der Waals surface area contributed by atoms with Crippen molar-refractivity contribution in [3.63, 3.8) is 0 Å². The number of hydrogen-bond acceptors (Lipinski definition) is 5. The highest BCUT2D eigenvalue weighted by atomic mass is 32.2. The van der Waals surface area contributed by atoms with Gasteiger partial charge in [0.05, 0.1) is 4.90 Å². The normalized spacial score (nSPS) is 24.3. The van der Waals surface area contributed by atoms with Crippen molar-refractivity contribution in [1.29, 1.82) is 0 Å². The summed E-state index contributed by atoms with van der Waals surface area (Å²) >= 11 is 0. The van der Waals surface area contributed by atoms with Crippen LogP contribution in [0.2, 0.25) is 0 Å². The zero-order valence-electron chi connectivity index (χ0n) is 16.0. The van der Waals surface area contributed by atoms with Crippen LogP contribution in [0.1, 0.15) is 47.0 Å². The topological polar surface area (TPSA) is 79.6 Å². The summed E-state index contributed by atoms with van der Waals surface area (Å²) in [6, 6.07) is 3.64. The van der Waals surface area contributed by atoms with E-state index in [9.17, 15) is 8.42 Å². The van der Waals surface area contributed by atoms with Gasteiger partial charge in [-0.15, -0.1) is 10.2 Å². The maximum Gasteiger partial charge on any atom is 0.244 e. The summed E-state index contributed by atoms with van der Waals surface area (Å²) in [5, 5.41) is 11.9. The van der Waals surface area contributed by atoms with Gasteiger partial charge in [0, 0.05) is 25.3 Å². The van der Waals surface area contributed by atoms with Crippen LogP contribution in [0.3, 0.4) is 0 Å². The minimum atomic E-state index is -3.51. The van der Waals surface area contributed by atoms with Crippen LogP contribution in [0.5, 0.6) is 0 Å². The van der Waals surface area contributed by atoms with E-state index in [4.69, 9.17) is 0 Å².